The first-order valence-electron chi connectivity index (χ1n) is 12.1. The van der Waals surface area contributed by atoms with Crippen molar-refractivity contribution in [3.05, 3.63) is 58.4 Å². The van der Waals surface area contributed by atoms with Crippen molar-refractivity contribution in [1.29, 1.82) is 0 Å². The van der Waals surface area contributed by atoms with Crippen LogP contribution in [0.5, 0.6) is 5.75 Å². The van der Waals surface area contributed by atoms with Gasteiger partial charge in [0.15, 0.2) is 0 Å². The number of piperazine rings is 1. The van der Waals surface area contributed by atoms with Crippen LogP contribution in [-0.4, -0.2) is 64.2 Å². The van der Waals surface area contributed by atoms with Gasteiger partial charge < -0.3 is 14.7 Å². The van der Waals surface area contributed by atoms with E-state index < -0.39 is 18.0 Å². The predicted octanol–water partition coefficient (Wildman–Crippen LogP) is 4.53. The van der Waals surface area contributed by atoms with E-state index in [4.69, 9.17) is 4.74 Å². The summed E-state index contributed by atoms with van der Waals surface area (Å²) in [7, 11) is 0. The number of fused-ring (bicyclic) bond motifs is 1. The summed E-state index contributed by atoms with van der Waals surface area (Å²) in [6.45, 7) is 7.83. The van der Waals surface area contributed by atoms with Gasteiger partial charge in [0.1, 0.15) is 18.1 Å². The number of piperidine rings is 1. The molecule has 6 nitrogen and oxygen atoms in total. The summed E-state index contributed by atoms with van der Waals surface area (Å²) in [5, 5.41) is 9.53. The second-order valence-electron chi connectivity index (χ2n) is 9.58. The molecule has 0 radical (unpaired) electrons. The summed E-state index contributed by atoms with van der Waals surface area (Å²) in [4.78, 5) is 20.6. The van der Waals surface area contributed by atoms with E-state index in [2.05, 4.69) is 22.9 Å². The van der Waals surface area contributed by atoms with Gasteiger partial charge in [0.05, 0.1) is 11.7 Å². The SMILES string of the molecule is Cc1c(OC[C@@H](C)O)ccc([C@H]2CCC[C@H]3CN(C(=O)c4ccc(C(F)(F)F)nc4)CCN32)c1C. The second-order valence-corrected chi connectivity index (χ2v) is 9.58. The summed E-state index contributed by atoms with van der Waals surface area (Å²) in [5.74, 6) is 0.500. The summed E-state index contributed by atoms with van der Waals surface area (Å²) >= 11 is 0. The molecule has 4 rings (SSSR count). The number of hydrogen-bond donors (Lipinski definition) is 1. The highest BCUT2D eigenvalue weighted by Gasteiger charge is 2.38. The van der Waals surface area contributed by atoms with Crippen molar-refractivity contribution in [2.24, 2.45) is 0 Å². The molecule has 2 saturated heterocycles. The first-order chi connectivity index (χ1) is 16.6. The quantitative estimate of drug-likeness (QED) is 0.666. The smallest absolute Gasteiger partial charge is 0.433 e. The van der Waals surface area contributed by atoms with Crippen molar-refractivity contribution in [1.82, 2.24) is 14.8 Å². The van der Waals surface area contributed by atoms with E-state index in [1.807, 2.05) is 13.0 Å². The summed E-state index contributed by atoms with van der Waals surface area (Å²) in [6.07, 6.45) is -1.00. The molecule has 0 bridgehead atoms. The van der Waals surface area contributed by atoms with Crippen LogP contribution in [0.25, 0.3) is 0 Å². The molecule has 190 valence electrons. The number of carbonyl (C=O) groups excluding carboxylic acids is 1. The molecule has 2 fully saturated rings. The van der Waals surface area contributed by atoms with Gasteiger partial charge in [0.2, 0.25) is 0 Å². The maximum atomic E-state index is 13.0. The van der Waals surface area contributed by atoms with Gasteiger partial charge in [-0.3, -0.25) is 14.7 Å². The summed E-state index contributed by atoms with van der Waals surface area (Å²) in [6, 6.07) is 6.59. The molecule has 2 aromatic rings. The zero-order valence-corrected chi connectivity index (χ0v) is 20.3. The van der Waals surface area contributed by atoms with Crippen molar-refractivity contribution in [3.8, 4) is 5.75 Å². The van der Waals surface area contributed by atoms with E-state index >= 15 is 0 Å². The Kier molecular flexibility index (Phi) is 7.38. The number of amides is 1. The third-order valence-corrected chi connectivity index (χ3v) is 7.15. The molecule has 1 aromatic carbocycles. The number of hydrogen-bond acceptors (Lipinski definition) is 5. The topological polar surface area (TPSA) is 65.9 Å². The van der Waals surface area contributed by atoms with E-state index in [1.54, 1.807) is 11.8 Å². The Hall–Kier alpha value is -2.65. The number of nitrogens with zero attached hydrogens (tertiary/aromatic N) is 3. The number of rotatable bonds is 5. The van der Waals surface area contributed by atoms with Crippen LogP contribution < -0.4 is 4.74 Å². The lowest BCUT2D eigenvalue weighted by Crippen LogP contribution is -2.57. The molecular weight excluding hydrogens is 459 g/mol. The Balaban J connectivity index is 1.46. The number of aromatic nitrogens is 1. The number of ether oxygens (including phenoxy) is 1. The van der Waals surface area contributed by atoms with Crippen LogP contribution in [0.3, 0.4) is 0 Å². The highest BCUT2D eigenvalue weighted by Crippen LogP contribution is 2.39. The van der Waals surface area contributed by atoms with Crippen molar-refractivity contribution >= 4 is 5.91 Å². The van der Waals surface area contributed by atoms with E-state index in [1.165, 1.54) is 17.2 Å². The molecular formula is C26H32F3N3O3. The Labute approximate surface area is 203 Å². The summed E-state index contributed by atoms with van der Waals surface area (Å²) < 4.78 is 44.2. The molecule has 1 amide bonds. The van der Waals surface area contributed by atoms with Gasteiger partial charge >= 0.3 is 6.18 Å². The average Bonchev–Trinajstić information content (AvgIpc) is 2.83. The van der Waals surface area contributed by atoms with Gasteiger partial charge in [-0.2, -0.15) is 13.2 Å². The van der Waals surface area contributed by atoms with Crippen molar-refractivity contribution < 1.29 is 27.8 Å². The lowest BCUT2D eigenvalue weighted by Gasteiger charge is -2.48. The van der Waals surface area contributed by atoms with Crippen molar-refractivity contribution in [2.45, 2.75) is 64.4 Å². The van der Waals surface area contributed by atoms with Crippen molar-refractivity contribution in [3.63, 3.8) is 0 Å². The lowest BCUT2D eigenvalue weighted by molar-refractivity contribution is -0.141. The molecule has 2 aliphatic heterocycles. The van der Waals surface area contributed by atoms with E-state index in [0.717, 1.165) is 42.8 Å². The average molecular weight is 492 g/mol. The van der Waals surface area contributed by atoms with Crippen LogP contribution in [0.2, 0.25) is 0 Å². The molecule has 3 heterocycles. The van der Waals surface area contributed by atoms with Crippen molar-refractivity contribution in [2.75, 3.05) is 26.2 Å². The Bertz CT molecular complexity index is 1060. The molecule has 0 unspecified atom stereocenters. The highest BCUT2D eigenvalue weighted by atomic mass is 19.4. The number of aliphatic hydroxyl groups excluding tert-OH is 1. The van der Waals surface area contributed by atoms with Crippen LogP contribution in [0.1, 0.15) is 65.0 Å². The molecule has 0 saturated carbocycles. The van der Waals surface area contributed by atoms with Crippen LogP contribution in [0.15, 0.2) is 30.5 Å². The standard InChI is InChI=1S/C26H32F3N3O3/c1-16(33)15-35-23-9-8-21(17(2)18(23)3)22-6-4-5-20-14-31(11-12-32(20)22)25(34)19-7-10-24(30-13-19)26(27,28)29/h7-10,13,16,20,22,33H,4-6,11-12,14-15H2,1-3H3/t16-,20+,22-/m1/s1. The maximum Gasteiger partial charge on any atom is 0.433 e. The van der Waals surface area contributed by atoms with E-state index in [0.29, 0.717) is 19.6 Å². The monoisotopic (exact) mass is 491 g/mol. The number of aliphatic hydroxyl groups is 1. The minimum absolute atomic E-state index is 0.179. The fourth-order valence-corrected chi connectivity index (χ4v) is 5.18. The lowest BCUT2D eigenvalue weighted by atomic mass is 9.86. The third-order valence-electron chi connectivity index (χ3n) is 7.15. The van der Waals surface area contributed by atoms with Gasteiger partial charge in [0.25, 0.3) is 5.91 Å². The number of alkyl halides is 3. The van der Waals surface area contributed by atoms with Crippen LogP contribution in [0, 0.1) is 13.8 Å². The van der Waals surface area contributed by atoms with E-state index in [-0.39, 0.29) is 30.2 Å². The number of pyridine rings is 1. The minimum atomic E-state index is -4.53. The molecule has 1 N–H and O–H groups in total. The van der Waals surface area contributed by atoms with Gasteiger partial charge in [-0.1, -0.05) is 6.07 Å². The molecule has 0 spiro atoms. The number of benzene rings is 1. The normalized spacial score (nSPS) is 22.0. The molecule has 35 heavy (non-hydrogen) atoms. The molecule has 0 aliphatic carbocycles. The fraction of sp³-hybridized carbons (Fsp3) is 0.538. The minimum Gasteiger partial charge on any atom is -0.491 e. The van der Waals surface area contributed by atoms with Gasteiger partial charge in [-0.15, -0.1) is 0 Å². The molecule has 2 aliphatic rings. The van der Waals surface area contributed by atoms with Crippen LogP contribution in [0.4, 0.5) is 13.2 Å². The Morgan fingerprint density at radius 1 is 1.17 bits per heavy atom. The van der Waals surface area contributed by atoms with Gasteiger partial charge in [-0.05, 0) is 74.9 Å². The largest absolute Gasteiger partial charge is 0.491 e. The zero-order valence-electron chi connectivity index (χ0n) is 20.3. The highest BCUT2D eigenvalue weighted by molar-refractivity contribution is 5.94. The summed E-state index contributed by atoms with van der Waals surface area (Å²) in [5.41, 5.74) is 2.67. The molecule has 1 aromatic heterocycles. The molecule has 3 atom stereocenters. The fourth-order valence-electron chi connectivity index (χ4n) is 5.18. The Morgan fingerprint density at radius 3 is 2.60 bits per heavy atom. The van der Waals surface area contributed by atoms with E-state index in [9.17, 15) is 23.1 Å². The Morgan fingerprint density at radius 2 is 1.94 bits per heavy atom. The second kappa shape index (κ2) is 10.1. The first-order valence-corrected chi connectivity index (χ1v) is 12.1. The first kappa shape index (κ1) is 25.4. The number of halogens is 3. The zero-order chi connectivity index (χ0) is 25.3. The third kappa shape index (κ3) is 5.46. The van der Waals surface area contributed by atoms with Crippen LogP contribution >= 0.6 is 0 Å². The van der Waals surface area contributed by atoms with Gasteiger partial charge in [-0.25, -0.2) is 0 Å². The molecule has 9 heteroatoms. The predicted molar refractivity (Wildman–Crippen MR) is 125 cm³/mol. The van der Waals surface area contributed by atoms with Gasteiger partial charge in [0, 0.05) is 37.9 Å². The van der Waals surface area contributed by atoms with Crippen LogP contribution in [-0.2, 0) is 6.18 Å². The maximum absolute atomic E-state index is 13.0. The number of carbonyl (C=O) groups is 1.